The standard InChI is InChI=1S/C28H44N4O2.C7H7Cl/c1-27(2,3)31-26(34)28(23-11-5-4-6-12-23)13-16-32(17-14-28)18-15-29-25(33)24-19-21-9-7-8-10-22(21)20-30-24;1-6-2-4-7(8)5-3-6/h7-10,23-24,30H,4-6,11-20H2,1-3H3,(H,29,33)(H,31,34);2-5H,1H3/t24-;/m1./s1. The third kappa shape index (κ3) is 9.05. The van der Waals surface area contributed by atoms with Crippen LogP contribution in [-0.4, -0.2) is 54.5 Å². The number of aryl methyl sites for hydroxylation is 1. The van der Waals surface area contributed by atoms with Crippen molar-refractivity contribution in [3.63, 3.8) is 0 Å². The van der Waals surface area contributed by atoms with Gasteiger partial charge < -0.3 is 20.9 Å². The van der Waals surface area contributed by atoms with E-state index in [1.54, 1.807) is 0 Å². The average Bonchev–Trinajstić information content (AvgIpc) is 2.98. The van der Waals surface area contributed by atoms with E-state index in [0.717, 1.165) is 50.5 Å². The van der Waals surface area contributed by atoms with Crippen LogP contribution >= 0.6 is 11.6 Å². The van der Waals surface area contributed by atoms with Gasteiger partial charge in [0.1, 0.15) is 0 Å². The summed E-state index contributed by atoms with van der Waals surface area (Å²) in [5.41, 5.74) is 3.37. The third-order valence-electron chi connectivity index (χ3n) is 9.21. The molecule has 1 atom stereocenters. The van der Waals surface area contributed by atoms with E-state index in [1.165, 1.54) is 48.8 Å². The van der Waals surface area contributed by atoms with Crippen LogP contribution in [0.25, 0.3) is 0 Å². The number of piperidine rings is 1. The normalized spacial score (nSPS) is 20.9. The van der Waals surface area contributed by atoms with Gasteiger partial charge in [-0.25, -0.2) is 0 Å². The number of halogens is 1. The third-order valence-corrected chi connectivity index (χ3v) is 9.46. The van der Waals surface area contributed by atoms with E-state index in [4.69, 9.17) is 11.6 Å². The fourth-order valence-corrected chi connectivity index (χ4v) is 6.88. The van der Waals surface area contributed by atoms with E-state index < -0.39 is 0 Å². The fraction of sp³-hybridized carbons (Fsp3) is 0.600. The first kappa shape index (κ1) is 32.5. The molecule has 7 heteroatoms. The van der Waals surface area contributed by atoms with Gasteiger partial charge in [-0.1, -0.05) is 72.8 Å². The topological polar surface area (TPSA) is 73.5 Å². The van der Waals surface area contributed by atoms with Gasteiger partial charge >= 0.3 is 0 Å². The maximum atomic E-state index is 13.5. The zero-order chi connectivity index (χ0) is 30.2. The summed E-state index contributed by atoms with van der Waals surface area (Å²) in [4.78, 5) is 28.7. The Labute approximate surface area is 258 Å². The van der Waals surface area contributed by atoms with Crippen molar-refractivity contribution in [3.05, 3.63) is 70.2 Å². The van der Waals surface area contributed by atoms with Crippen molar-refractivity contribution < 1.29 is 9.59 Å². The van der Waals surface area contributed by atoms with Crippen molar-refractivity contribution in [2.24, 2.45) is 11.3 Å². The molecular formula is C35H51ClN4O2. The number of rotatable bonds is 6. The lowest BCUT2D eigenvalue weighted by atomic mass is 9.63. The van der Waals surface area contributed by atoms with Crippen molar-refractivity contribution in [2.75, 3.05) is 26.2 Å². The molecule has 0 spiro atoms. The van der Waals surface area contributed by atoms with Crippen LogP contribution in [0.4, 0.5) is 0 Å². The van der Waals surface area contributed by atoms with E-state index >= 15 is 0 Å². The van der Waals surface area contributed by atoms with Gasteiger partial charge in [-0.15, -0.1) is 0 Å². The van der Waals surface area contributed by atoms with Crippen LogP contribution in [-0.2, 0) is 22.6 Å². The monoisotopic (exact) mass is 594 g/mol. The van der Waals surface area contributed by atoms with Crippen molar-refractivity contribution in [1.29, 1.82) is 0 Å². The van der Waals surface area contributed by atoms with Gasteiger partial charge in [0.25, 0.3) is 0 Å². The minimum absolute atomic E-state index is 0.0904. The van der Waals surface area contributed by atoms with Crippen LogP contribution in [0.15, 0.2) is 48.5 Å². The van der Waals surface area contributed by atoms with Crippen LogP contribution in [0, 0.1) is 18.3 Å². The molecule has 2 aromatic rings. The molecule has 2 heterocycles. The summed E-state index contributed by atoms with van der Waals surface area (Å²) in [6, 6.07) is 15.9. The Morgan fingerprint density at radius 1 is 0.976 bits per heavy atom. The van der Waals surface area contributed by atoms with Crippen LogP contribution in [0.1, 0.15) is 82.4 Å². The second-order valence-corrected chi connectivity index (χ2v) is 14.0. The molecule has 3 N–H and O–H groups in total. The predicted molar refractivity (Wildman–Crippen MR) is 173 cm³/mol. The van der Waals surface area contributed by atoms with E-state index in [9.17, 15) is 9.59 Å². The van der Waals surface area contributed by atoms with Gasteiger partial charge in [0.15, 0.2) is 0 Å². The molecule has 6 nitrogen and oxygen atoms in total. The van der Waals surface area contributed by atoms with E-state index in [2.05, 4.69) is 59.8 Å². The Balaban J connectivity index is 0.000000437. The quantitative estimate of drug-likeness (QED) is 0.381. The molecule has 0 bridgehead atoms. The molecule has 5 rings (SSSR count). The van der Waals surface area contributed by atoms with E-state index in [1.807, 2.05) is 37.3 Å². The largest absolute Gasteiger partial charge is 0.353 e. The molecule has 2 amide bonds. The molecule has 1 saturated heterocycles. The molecule has 3 aliphatic rings. The maximum absolute atomic E-state index is 13.5. The molecule has 0 aromatic heterocycles. The second kappa shape index (κ2) is 14.9. The number of carbonyl (C=O) groups is 2. The minimum Gasteiger partial charge on any atom is -0.353 e. The van der Waals surface area contributed by atoms with Gasteiger partial charge in [0.2, 0.25) is 11.8 Å². The number of fused-ring (bicyclic) bond motifs is 1. The molecule has 42 heavy (non-hydrogen) atoms. The lowest BCUT2D eigenvalue weighted by molar-refractivity contribution is -0.141. The zero-order valence-corrected chi connectivity index (χ0v) is 26.9. The van der Waals surface area contributed by atoms with Crippen molar-refractivity contribution in [1.82, 2.24) is 20.9 Å². The Kier molecular flexibility index (Phi) is 11.5. The molecule has 2 aromatic carbocycles. The Morgan fingerprint density at radius 3 is 2.24 bits per heavy atom. The number of nitrogens with one attached hydrogen (secondary N) is 3. The molecule has 230 valence electrons. The summed E-state index contributed by atoms with van der Waals surface area (Å²) in [7, 11) is 0. The Morgan fingerprint density at radius 2 is 1.62 bits per heavy atom. The van der Waals surface area contributed by atoms with Gasteiger partial charge in [-0.2, -0.15) is 0 Å². The fourth-order valence-electron chi connectivity index (χ4n) is 6.75. The van der Waals surface area contributed by atoms with Crippen LogP contribution in [0.3, 0.4) is 0 Å². The van der Waals surface area contributed by atoms with Gasteiger partial charge in [-0.3, -0.25) is 9.59 Å². The average molecular weight is 595 g/mol. The highest BCUT2D eigenvalue weighted by molar-refractivity contribution is 6.30. The van der Waals surface area contributed by atoms with Crippen molar-refractivity contribution in [2.45, 2.75) is 97.2 Å². The van der Waals surface area contributed by atoms with Crippen LogP contribution < -0.4 is 16.0 Å². The Hall–Kier alpha value is -2.41. The minimum atomic E-state index is -0.229. The van der Waals surface area contributed by atoms with Gasteiger partial charge in [0, 0.05) is 30.2 Å². The molecule has 1 aliphatic carbocycles. The summed E-state index contributed by atoms with van der Waals surface area (Å²) in [5.74, 6) is 0.863. The number of hydrogen-bond donors (Lipinski definition) is 3. The maximum Gasteiger partial charge on any atom is 0.237 e. The first-order valence-corrected chi connectivity index (χ1v) is 16.3. The van der Waals surface area contributed by atoms with Crippen molar-refractivity contribution in [3.8, 4) is 0 Å². The molecular weight excluding hydrogens is 544 g/mol. The van der Waals surface area contributed by atoms with Crippen LogP contribution in [0.5, 0.6) is 0 Å². The predicted octanol–water partition coefficient (Wildman–Crippen LogP) is 6.04. The first-order valence-electron chi connectivity index (χ1n) is 15.9. The Bertz CT molecular complexity index is 1140. The summed E-state index contributed by atoms with van der Waals surface area (Å²) < 4.78 is 0. The highest BCUT2D eigenvalue weighted by Crippen LogP contribution is 2.46. The SMILES string of the molecule is CC(C)(C)NC(=O)C1(C2CCCCC2)CCN(CCNC(=O)[C@H]2Cc3ccccc3CN2)CC1.Cc1ccc(Cl)cc1. The molecule has 2 aliphatic heterocycles. The van der Waals surface area contributed by atoms with Gasteiger partial charge in [0.05, 0.1) is 11.5 Å². The lowest BCUT2D eigenvalue weighted by Gasteiger charge is -2.47. The molecule has 1 saturated carbocycles. The van der Waals surface area contributed by atoms with Gasteiger partial charge in [-0.05, 0) is 102 Å². The molecule has 2 fully saturated rings. The number of amides is 2. The number of likely N-dealkylation sites (tertiary alicyclic amines) is 1. The number of benzene rings is 2. The molecule has 0 radical (unpaired) electrons. The number of hydrogen-bond acceptors (Lipinski definition) is 4. The highest BCUT2D eigenvalue weighted by atomic mass is 35.5. The van der Waals surface area contributed by atoms with E-state index in [-0.39, 0.29) is 28.8 Å². The smallest absolute Gasteiger partial charge is 0.237 e. The van der Waals surface area contributed by atoms with E-state index in [0.29, 0.717) is 12.5 Å². The number of nitrogens with zero attached hydrogens (tertiary/aromatic N) is 1. The summed E-state index contributed by atoms with van der Waals surface area (Å²) in [6.45, 7) is 12.4. The first-order chi connectivity index (χ1) is 20.1. The van der Waals surface area contributed by atoms with Crippen molar-refractivity contribution >= 4 is 23.4 Å². The summed E-state index contributed by atoms with van der Waals surface area (Å²) in [6.07, 6.45) is 8.79. The summed E-state index contributed by atoms with van der Waals surface area (Å²) in [5, 5.41) is 10.6. The number of carbonyl (C=O) groups excluding carboxylic acids is 2. The lowest BCUT2D eigenvalue weighted by Crippen LogP contribution is -2.57. The molecule has 0 unspecified atom stereocenters. The summed E-state index contributed by atoms with van der Waals surface area (Å²) >= 11 is 5.61. The second-order valence-electron chi connectivity index (χ2n) is 13.5. The highest BCUT2D eigenvalue weighted by Gasteiger charge is 2.48. The zero-order valence-electron chi connectivity index (χ0n) is 26.1. The van der Waals surface area contributed by atoms with Crippen LogP contribution in [0.2, 0.25) is 5.02 Å².